The van der Waals surface area contributed by atoms with E-state index in [9.17, 15) is 0 Å². The van der Waals surface area contributed by atoms with Crippen LogP contribution in [0.2, 0.25) is 0 Å². The number of nitrogens with one attached hydrogen (secondary N) is 1. The minimum atomic E-state index is 0.534. The van der Waals surface area contributed by atoms with Crippen LogP contribution in [0.25, 0.3) is 0 Å². The molecule has 3 rings (SSSR count). The van der Waals surface area contributed by atoms with E-state index in [1.54, 1.807) is 0 Å². The van der Waals surface area contributed by atoms with Gasteiger partial charge in [0.2, 0.25) is 0 Å². The van der Waals surface area contributed by atoms with Gasteiger partial charge in [-0.15, -0.1) is 0 Å². The maximum Gasteiger partial charge on any atom is 0.0323 e. The fraction of sp³-hybridized carbons (Fsp3) is 0.353. The van der Waals surface area contributed by atoms with Gasteiger partial charge in [0.1, 0.15) is 0 Å². The smallest absolute Gasteiger partial charge is 0.0323 e. The quantitative estimate of drug-likeness (QED) is 0.903. The zero-order valence-corrected chi connectivity index (χ0v) is 11.2. The van der Waals surface area contributed by atoms with Crippen LogP contribution < -0.4 is 5.32 Å². The third kappa shape index (κ3) is 3.02. The first-order valence-electron chi connectivity index (χ1n) is 7.13. The number of rotatable bonds is 4. The molecule has 0 radical (unpaired) electrons. The van der Waals surface area contributed by atoms with E-state index >= 15 is 0 Å². The Bertz CT molecular complexity index is 522. The van der Waals surface area contributed by atoms with Crippen molar-refractivity contribution < 1.29 is 0 Å². The van der Waals surface area contributed by atoms with E-state index in [0.29, 0.717) is 6.04 Å². The number of hydrogen-bond acceptors (Lipinski definition) is 2. The van der Waals surface area contributed by atoms with Crippen LogP contribution in [-0.2, 0) is 12.8 Å². The molecule has 2 heteroatoms. The van der Waals surface area contributed by atoms with E-state index in [1.807, 2.05) is 12.4 Å². The van der Waals surface area contributed by atoms with Crippen molar-refractivity contribution in [2.45, 2.75) is 31.7 Å². The Labute approximate surface area is 114 Å². The standard InChI is InChI=1S/C17H20N2/c1-2-6-16-15(4-1)5-3-7-17(16)19-13-10-14-8-11-18-12-9-14/h1-2,4,6,8-9,11-12,17,19H,3,5,7,10,13H2. The van der Waals surface area contributed by atoms with E-state index in [1.165, 1.54) is 36.0 Å². The maximum absolute atomic E-state index is 4.05. The highest BCUT2D eigenvalue weighted by Gasteiger charge is 2.18. The lowest BCUT2D eigenvalue weighted by molar-refractivity contribution is 0.463. The van der Waals surface area contributed by atoms with Gasteiger partial charge in [-0.1, -0.05) is 24.3 Å². The second kappa shape index (κ2) is 5.98. The van der Waals surface area contributed by atoms with Gasteiger partial charge in [0.15, 0.2) is 0 Å². The predicted octanol–water partition coefficient (Wildman–Crippen LogP) is 3.29. The summed E-state index contributed by atoms with van der Waals surface area (Å²) in [6.07, 6.45) is 8.59. The summed E-state index contributed by atoms with van der Waals surface area (Å²) >= 11 is 0. The first kappa shape index (κ1) is 12.4. The van der Waals surface area contributed by atoms with Crippen LogP contribution >= 0.6 is 0 Å². The Kier molecular flexibility index (Phi) is 3.89. The Morgan fingerprint density at radius 1 is 1.11 bits per heavy atom. The Balaban J connectivity index is 1.59. The Hall–Kier alpha value is -1.67. The lowest BCUT2D eigenvalue weighted by Crippen LogP contribution is -2.27. The molecular formula is C17H20N2. The molecule has 0 fully saturated rings. The molecule has 0 saturated carbocycles. The summed E-state index contributed by atoms with van der Waals surface area (Å²) in [7, 11) is 0. The molecule has 1 unspecified atom stereocenters. The summed E-state index contributed by atoms with van der Waals surface area (Å²) in [5.74, 6) is 0. The van der Waals surface area contributed by atoms with Gasteiger partial charge in [0.05, 0.1) is 0 Å². The van der Waals surface area contributed by atoms with Crippen molar-refractivity contribution in [3.8, 4) is 0 Å². The molecule has 1 heterocycles. The van der Waals surface area contributed by atoms with Crippen LogP contribution in [0.15, 0.2) is 48.8 Å². The Morgan fingerprint density at radius 3 is 2.84 bits per heavy atom. The first-order valence-corrected chi connectivity index (χ1v) is 7.13. The summed E-state index contributed by atoms with van der Waals surface area (Å²) in [5.41, 5.74) is 4.38. The molecule has 0 spiro atoms. The van der Waals surface area contributed by atoms with E-state index in [4.69, 9.17) is 0 Å². The number of fused-ring (bicyclic) bond motifs is 1. The van der Waals surface area contributed by atoms with Crippen LogP contribution in [0.5, 0.6) is 0 Å². The zero-order chi connectivity index (χ0) is 12.9. The number of hydrogen-bond donors (Lipinski definition) is 1. The molecular weight excluding hydrogens is 232 g/mol. The molecule has 1 aromatic heterocycles. The lowest BCUT2D eigenvalue weighted by Gasteiger charge is -2.26. The summed E-state index contributed by atoms with van der Waals surface area (Å²) in [6, 6.07) is 13.6. The second-order valence-electron chi connectivity index (χ2n) is 5.20. The Morgan fingerprint density at radius 2 is 1.95 bits per heavy atom. The van der Waals surface area contributed by atoms with Crippen LogP contribution in [0.3, 0.4) is 0 Å². The maximum atomic E-state index is 4.05. The van der Waals surface area contributed by atoms with E-state index in [2.05, 4.69) is 46.7 Å². The van der Waals surface area contributed by atoms with Crippen molar-refractivity contribution in [3.63, 3.8) is 0 Å². The minimum Gasteiger partial charge on any atom is -0.310 e. The third-order valence-electron chi connectivity index (χ3n) is 3.92. The number of nitrogens with zero attached hydrogens (tertiary/aromatic N) is 1. The van der Waals surface area contributed by atoms with E-state index < -0.39 is 0 Å². The largest absolute Gasteiger partial charge is 0.310 e. The lowest BCUT2D eigenvalue weighted by atomic mass is 9.88. The molecule has 2 aromatic rings. The third-order valence-corrected chi connectivity index (χ3v) is 3.92. The molecule has 1 aromatic carbocycles. The molecule has 0 amide bonds. The topological polar surface area (TPSA) is 24.9 Å². The van der Waals surface area contributed by atoms with E-state index in [-0.39, 0.29) is 0 Å². The van der Waals surface area contributed by atoms with Crippen LogP contribution in [0.1, 0.15) is 35.6 Å². The molecule has 0 aliphatic heterocycles. The van der Waals surface area contributed by atoms with Crippen molar-refractivity contribution in [1.29, 1.82) is 0 Å². The van der Waals surface area contributed by atoms with Crippen molar-refractivity contribution in [1.82, 2.24) is 10.3 Å². The summed E-state index contributed by atoms with van der Waals surface area (Å²) in [4.78, 5) is 4.05. The predicted molar refractivity (Wildman–Crippen MR) is 78.1 cm³/mol. The fourth-order valence-corrected chi connectivity index (χ4v) is 2.91. The molecule has 1 aliphatic rings. The van der Waals surface area contributed by atoms with Crippen molar-refractivity contribution in [2.75, 3.05) is 6.54 Å². The monoisotopic (exact) mass is 252 g/mol. The SMILES string of the molecule is c1ccc2c(c1)CCCC2NCCc1ccncc1. The highest BCUT2D eigenvalue weighted by atomic mass is 14.9. The van der Waals surface area contributed by atoms with Gasteiger partial charge in [-0.3, -0.25) is 4.98 Å². The fourth-order valence-electron chi connectivity index (χ4n) is 2.91. The summed E-state index contributed by atoms with van der Waals surface area (Å²) in [6.45, 7) is 1.03. The van der Waals surface area contributed by atoms with Gasteiger partial charge < -0.3 is 5.32 Å². The van der Waals surface area contributed by atoms with E-state index in [0.717, 1.165) is 13.0 Å². The molecule has 0 bridgehead atoms. The minimum absolute atomic E-state index is 0.534. The molecule has 0 saturated heterocycles. The number of benzene rings is 1. The number of aryl methyl sites for hydroxylation is 1. The van der Waals surface area contributed by atoms with Gasteiger partial charge in [-0.05, 0) is 61.1 Å². The molecule has 2 nitrogen and oxygen atoms in total. The van der Waals surface area contributed by atoms with Gasteiger partial charge >= 0.3 is 0 Å². The number of pyridine rings is 1. The average Bonchev–Trinajstić information content (AvgIpc) is 2.49. The van der Waals surface area contributed by atoms with Crippen molar-refractivity contribution in [3.05, 3.63) is 65.5 Å². The van der Waals surface area contributed by atoms with Gasteiger partial charge in [-0.2, -0.15) is 0 Å². The average molecular weight is 252 g/mol. The van der Waals surface area contributed by atoms with Gasteiger partial charge in [-0.25, -0.2) is 0 Å². The molecule has 1 atom stereocenters. The van der Waals surface area contributed by atoms with Crippen LogP contribution in [-0.4, -0.2) is 11.5 Å². The molecule has 1 aliphatic carbocycles. The molecule has 98 valence electrons. The molecule has 19 heavy (non-hydrogen) atoms. The zero-order valence-electron chi connectivity index (χ0n) is 11.2. The van der Waals surface area contributed by atoms with Gasteiger partial charge in [0, 0.05) is 18.4 Å². The number of aromatic nitrogens is 1. The highest BCUT2D eigenvalue weighted by Crippen LogP contribution is 2.29. The van der Waals surface area contributed by atoms with Crippen LogP contribution in [0.4, 0.5) is 0 Å². The highest BCUT2D eigenvalue weighted by molar-refractivity contribution is 5.32. The first-order chi connectivity index (χ1) is 9.43. The van der Waals surface area contributed by atoms with Crippen molar-refractivity contribution >= 4 is 0 Å². The molecule has 1 N–H and O–H groups in total. The normalized spacial score (nSPS) is 18.0. The van der Waals surface area contributed by atoms with Crippen molar-refractivity contribution in [2.24, 2.45) is 0 Å². The summed E-state index contributed by atoms with van der Waals surface area (Å²) in [5, 5.41) is 3.71. The summed E-state index contributed by atoms with van der Waals surface area (Å²) < 4.78 is 0. The second-order valence-corrected chi connectivity index (χ2v) is 5.20. The van der Waals surface area contributed by atoms with Gasteiger partial charge in [0.25, 0.3) is 0 Å². The van der Waals surface area contributed by atoms with Crippen LogP contribution in [0, 0.1) is 0 Å².